The first-order chi connectivity index (χ1) is 9.25. The molecule has 1 aromatic heterocycles. The molecule has 4 nitrogen and oxygen atoms in total. The number of hydrogen-bond acceptors (Lipinski definition) is 3. The van der Waals surface area contributed by atoms with E-state index in [-0.39, 0.29) is 5.91 Å². The number of rotatable bonds is 6. The minimum absolute atomic E-state index is 0.0315. The van der Waals surface area contributed by atoms with Crippen molar-refractivity contribution in [2.75, 3.05) is 11.9 Å². The summed E-state index contributed by atoms with van der Waals surface area (Å²) in [5, 5.41) is 6.55. The summed E-state index contributed by atoms with van der Waals surface area (Å²) >= 11 is 5.99. The minimum Gasteiger partial charge on any atom is -0.467 e. The summed E-state index contributed by atoms with van der Waals surface area (Å²) in [6.07, 6.45) is 1.96. The van der Waals surface area contributed by atoms with Crippen LogP contribution in [-0.4, -0.2) is 12.5 Å². The van der Waals surface area contributed by atoms with Crippen molar-refractivity contribution in [3.8, 4) is 0 Å². The topological polar surface area (TPSA) is 54.3 Å². The molecule has 2 aromatic rings. The molecule has 19 heavy (non-hydrogen) atoms. The van der Waals surface area contributed by atoms with Gasteiger partial charge in [-0.15, -0.1) is 0 Å². The molecule has 0 fully saturated rings. The van der Waals surface area contributed by atoms with Gasteiger partial charge in [0.2, 0.25) is 5.91 Å². The summed E-state index contributed by atoms with van der Waals surface area (Å²) in [6, 6.07) is 11.1. The molecule has 0 saturated heterocycles. The third-order valence-electron chi connectivity index (χ3n) is 2.58. The maximum atomic E-state index is 11.6. The molecule has 0 bridgehead atoms. The monoisotopic (exact) mass is 278 g/mol. The second-order valence-electron chi connectivity index (χ2n) is 4.01. The quantitative estimate of drug-likeness (QED) is 0.854. The molecular formula is C14H15ClN2O2. The molecule has 0 radical (unpaired) electrons. The number of amides is 1. The van der Waals surface area contributed by atoms with E-state index in [4.69, 9.17) is 16.0 Å². The number of nitrogens with one attached hydrogen (secondary N) is 2. The average molecular weight is 279 g/mol. The van der Waals surface area contributed by atoms with Crippen LogP contribution in [0.1, 0.15) is 12.2 Å². The Balaban J connectivity index is 1.68. The Morgan fingerprint density at radius 3 is 2.79 bits per heavy atom. The van der Waals surface area contributed by atoms with Crippen LogP contribution in [0.2, 0.25) is 5.02 Å². The van der Waals surface area contributed by atoms with Crippen molar-refractivity contribution in [3.05, 3.63) is 53.4 Å². The number of benzene rings is 1. The summed E-state index contributed by atoms with van der Waals surface area (Å²) in [5.74, 6) is 0.711. The molecule has 0 saturated carbocycles. The molecule has 1 amide bonds. The molecule has 0 aliphatic heterocycles. The van der Waals surface area contributed by atoms with Crippen LogP contribution < -0.4 is 10.6 Å². The van der Waals surface area contributed by atoms with Crippen molar-refractivity contribution in [3.63, 3.8) is 0 Å². The zero-order valence-electron chi connectivity index (χ0n) is 10.4. The van der Waals surface area contributed by atoms with Crippen LogP contribution >= 0.6 is 11.6 Å². The second kappa shape index (κ2) is 6.85. The van der Waals surface area contributed by atoms with Gasteiger partial charge >= 0.3 is 0 Å². The number of anilines is 1. The summed E-state index contributed by atoms with van der Waals surface area (Å²) in [4.78, 5) is 11.6. The van der Waals surface area contributed by atoms with Gasteiger partial charge < -0.3 is 15.1 Å². The second-order valence-corrected chi connectivity index (χ2v) is 4.42. The maximum absolute atomic E-state index is 11.6. The van der Waals surface area contributed by atoms with Gasteiger partial charge in [-0.2, -0.15) is 0 Å². The number of furan rings is 1. The lowest BCUT2D eigenvalue weighted by Crippen LogP contribution is -2.24. The Morgan fingerprint density at radius 1 is 1.21 bits per heavy atom. The Kier molecular flexibility index (Phi) is 4.86. The van der Waals surface area contributed by atoms with E-state index in [0.717, 1.165) is 11.4 Å². The van der Waals surface area contributed by atoms with Gasteiger partial charge in [-0.05, 0) is 24.3 Å². The zero-order chi connectivity index (χ0) is 13.5. The van der Waals surface area contributed by atoms with E-state index in [9.17, 15) is 4.79 Å². The molecule has 0 unspecified atom stereocenters. The summed E-state index contributed by atoms with van der Waals surface area (Å²) < 4.78 is 5.13. The van der Waals surface area contributed by atoms with Gasteiger partial charge in [0.25, 0.3) is 0 Å². The van der Waals surface area contributed by atoms with Crippen molar-refractivity contribution in [1.29, 1.82) is 0 Å². The maximum Gasteiger partial charge on any atom is 0.222 e. The van der Waals surface area contributed by atoms with Crippen LogP contribution in [-0.2, 0) is 11.3 Å². The minimum atomic E-state index is -0.0315. The highest BCUT2D eigenvalue weighted by Gasteiger charge is 2.03. The lowest BCUT2D eigenvalue weighted by Gasteiger charge is -2.08. The van der Waals surface area contributed by atoms with Gasteiger partial charge in [-0.25, -0.2) is 0 Å². The molecule has 0 atom stereocenters. The molecule has 2 rings (SSSR count). The van der Waals surface area contributed by atoms with E-state index in [1.54, 1.807) is 18.4 Å². The zero-order valence-corrected chi connectivity index (χ0v) is 11.1. The number of carbonyl (C=O) groups excluding carboxylic acids is 1. The largest absolute Gasteiger partial charge is 0.467 e. The Labute approximate surface area is 116 Å². The predicted molar refractivity (Wildman–Crippen MR) is 75.1 cm³/mol. The number of para-hydroxylation sites is 1. The molecule has 1 aromatic carbocycles. The van der Waals surface area contributed by atoms with Crippen LogP contribution in [0.4, 0.5) is 5.69 Å². The van der Waals surface area contributed by atoms with E-state index in [2.05, 4.69) is 10.6 Å². The Bertz CT molecular complexity index is 526. The molecule has 5 heteroatoms. The smallest absolute Gasteiger partial charge is 0.222 e. The van der Waals surface area contributed by atoms with Crippen molar-refractivity contribution in [1.82, 2.24) is 5.32 Å². The summed E-state index contributed by atoms with van der Waals surface area (Å²) in [7, 11) is 0. The van der Waals surface area contributed by atoms with Gasteiger partial charge in [-0.3, -0.25) is 4.79 Å². The highest BCUT2D eigenvalue weighted by atomic mass is 35.5. The molecule has 0 spiro atoms. The van der Waals surface area contributed by atoms with Gasteiger partial charge in [0.15, 0.2) is 0 Å². The standard InChI is InChI=1S/C14H15ClN2O2/c15-12-5-1-2-6-13(12)16-8-7-14(18)17-10-11-4-3-9-19-11/h1-6,9,16H,7-8,10H2,(H,17,18). The number of halogens is 1. The third kappa shape index (κ3) is 4.34. The summed E-state index contributed by atoms with van der Waals surface area (Å²) in [5.41, 5.74) is 0.836. The van der Waals surface area contributed by atoms with E-state index in [0.29, 0.717) is 24.5 Å². The van der Waals surface area contributed by atoms with Crippen molar-refractivity contribution >= 4 is 23.2 Å². The van der Waals surface area contributed by atoms with Crippen LogP contribution in [0.5, 0.6) is 0 Å². The molecule has 0 aliphatic rings. The van der Waals surface area contributed by atoms with E-state index >= 15 is 0 Å². The summed E-state index contributed by atoms with van der Waals surface area (Å²) in [6.45, 7) is 0.950. The molecule has 1 heterocycles. The molecule has 100 valence electrons. The van der Waals surface area contributed by atoms with Gasteiger partial charge in [-0.1, -0.05) is 23.7 Å². The van der Waals surface area contributed by atoms with Crippen molar-refractivity contribution < 1.29 is 9.21 Å². The lowest BCUT2D eigenvalue weighted by molar-refractivity contribution is -0.121. The fourth-order valence-corrected chi connectivity index (χ4v) is 1.81. The van der Waals surface area contributed by atoms with Crippen LogP contribution in [0.15, 0.2) is 47.1 Å². The van der Waals surface area contributed by atoms with E-state index in [1.165, 1.54) is 0 Å². The van der Waals surface area contributed by atoms with E-state index < -0.39 is 0 Å². The first-order valence-corrected chi connectivity index (χ1v) is 6.41. The SMILES string of the molecule is O=C(CCNc1ccccc1Cl)NCc1ccco1. The Morgan fingerprint density at radius 2 is 2.05 bits per heavy atom. The van der Waals surface area contributed by atoms with Gasteiger partial charge in [0.05, 0.1) is 23.5 Å². The van der Waals surface area contributed by atoms with Crippen LogP contribution in [0, 0.1) is 0 Å². The van der Waals surface area contributed by atoms with Gasteiger partial charge in [0, 0.05) is 13.0 Å². The van der Waals surface area contributed by atoms with Crippen molar-refractivity contribution in [2.45, 2.75) is 13.0 Å². The highest BCUT2D eigenvalue weighted by molar-refractivity contribution is 6.33. The fraction of sp³-hybridized carbons (Fsp3) is 0.214. The molecule has 2 N–H and O–H groups in total. The molecular weight excluding hydrogens is 264 g/mol. The Hall–Kier alpha value is -1.94. The first-order valence-electron chi connectivity index (χ1n) is 6.03. The third-order valence-corrected chi connectivity index (χ3v) is 2.91. The van der Waals surface area contributed by atoms with E-state index in [1.807, 2.05) is 24.3 Å². The normalized spacial score (nSPS) is 10.2. The number of hydrogen-bond donors (Lipinski definition) is 2. The lowest BCUT2D eigenvalue weighted by atomic mass is 10.3. The van der Waals surface area contributed by atoms with Gasteiger partial charge in [0.1, 0.15) is 5.76 Å². The molecule has 0 aliphatic carbocycles. The highest BCUT2D eigenvalue weighted by Crippen LogP contribution is 2.19. The van der Waals surface area contributed by atoms with Crippen LogP contribution in [0.25, 0.3) is 0 Å². The number of carbonyl (C=O) groups is 1. The fourth-order valence-electron chi connectivity index (χ4n) is 1.60. The first kappa shape index (κ1) is 13.5. The van der Waals surface area contributed by atoms with Crippen LogP contribution in [0.3, 0.4) is 0 Å². The van der Waals surface area contributed by atoms with Crippen molar-refractivity contribution in [2.24, 2.45) is 0 Å². The average Bonchev–Trinajstić information content (AvgIpc) is 2.92. The predicted octanol–water partition coefficient (Wildman–Crippen LogP) is 3.05.